The van der Waals surface area contributed by atoms with Crippen LogP contribution in [0.15, 0.2) is 12.4 Å². The van der Waals surface area contributed by atoms with Crippen LogP contribution in [0.25, 0.3) is 0 Å². The fourth-order valence-corrected chi connectivity index (χ4v) is 1.63. The summed E-state index contributed by atoms with van der Waals surface area (Å²) in [4.78, 5) is 8.27. The zero-order valence-corrected chi connectivity index (χ0v) is 10.9. The fraction of sp³-hybridized carbons (Fsp3) is 0.600. The van der Waals surface area contributed by atoms with Crippen molar-refractivity contribution in [2.75, 3.05) is 35.7 Å². The van der Waals surface area contributed by atoms with Gasteiger partial charge in [0.05, 0.1) is 18.1 Å². The number of aromatic nitrogens is 2. The highest BCUT2D eigenvalue weighted by atomic mass is 32.2. The smallest absolute Gasteiger partial charge is 0.149 e. The number of nitrogens with one attached hydrogen (secondary N) is 2. The summed E-state index contributed by atoms with van der Waals surface area (Å²) in [5.74, 6) is 1.35. The lowest BCUT2D eigenvalue weighted by molar-refractivity contribution is 0.602. The van der Waals surface area contributed by atoms with Crippen molar-refractivity contribution in [1.82, 2.24) is 9.97 Å². The molecule has 0 aliphatic carbocycles. The van der Waals surface area contributed by atoms with Crippen molar-refractivity contribution in [2.45, 2.75) is 13.3 Å². The van der Waals surface area contributed by atoms with E-state index in [0.717, 1.165) is 13.0 Å². The first-order valence-corrected chi connectivity index (χ1v) is 7.55. The van der Waals surface area contributed by atoms with E-state index < -0.39 is 9.84 Å². The minimum absolute atomic E-state index is 0.0846. The molecule has 1 aromatic heterocycles. The maximum Gasteiger partial charge on any atom is 0.149 e. The Kier molecular flexibility index (Phi) is 5.14. The van der Waals surface area contributed by atoms with Crippen molar-refractivity contribution < 1.29 is 8.42 Å². The van der Waals surface area contributed by atoms with Crippen LogP contribution in [0.3, 0.4) is 0 Å². The minimum atomic E-state index is -2.94. The maximum absolute atomic E-state index is 10.9. The molecule has 0 bridgehead atoms. The Balaban J connectivity index is 2.48. The molecule has 1 heterocycles. The highest BCUT2D eigenvalue weighted by molar-refractivity contribution is 7.90. The summed E-state index contributed by atoms with van der Waals surface area (Å²) < 4.78 is 21.9. The molecule has 0 spiro atoms. The van der Waals surface area contributed by atoms with Gasteiger partial charge in [0.25, 0.3) is 0 Å². The Morgan fingerprint density at radius 1 is 1.18 bits per heavy atom. The number of nitrogens with zero attached hydrogens (tertiary/aromatic N) is 2. The summed E-state index contributed by atoms with van der Waals surface area (Å²) in [5, 5.41) is 6.03. The van der Waals surface area contributed by atoms with E-state index in [1.54, 1.807) is 12.4 Å². The summed E-state index contributed by atoms with van der Waals surface area (Å²) in [6.07, 6.45) is 5.42. The Morgan fingerprint density at radius 3 is 2.29 bits per heavy atom. The van der Waals surface area contributed by atoms with Crippen LogP contribution in [0, 0.1) is 0 Å². The van der Waals surface area contributed by atoms with E-state index >= 15 is 0 Å². The van der Waals surface area contributed by atoms with Gasteiger partial charge in [-0.1, -0.05) is 6.92 Å². The first kappa shape index (κ1) is 13.7. The van der Waals surface area contributed by atoms with Crippen molar-refractivity contribution in [3.63, 3.8) is 0 Å². The van der Waals surface area contributed by atoms with Crippen molar-refractivity contribution in [3.05, 3.63) is 12.4 Å². The van der Waals surface area contributed by atoms with E-state index in [2.05, 4.69) is 27.5 Å². The van der Waals surface area contributed by atoms with E-state index in [9.17, 15) is 8.42 Å². The van der Waals surface area contributed by atoms with Gasteiger partial charge in [0, 0.05) is 19.3 Å². The molecule has 0 radical (unpaired) electrons. The van der Waals surface area contributed by atoms with Gasteiger partial charge in [-0.25, -0.2) is 13.4 Å². The fourth-order valence-electron chi connectivity index (χ4n) is 1.15. The third-order valence-electron chi connectivity index (χ3n) is 1.97. The monoisotopic (exact) mass is 258 g/mol. The molecule has 7 heteroatoms. The van der Waals surface area contributed by atoms with E-state index in [-0.39, 0.29) is 5.75 Å². The quantitative estimate of drug-likeness (QED) is 0.751. The average molecular weight is 258 g/mol. The molecule has 0 unspecified atom stereocenters. The van der Waals surface area contributed by atoms with E-state index in [0.29, 0.717) is 18.2 Å². The van der Waals surface area contributed by atoms with Gasteiger partial charge in [0.2, 0.25) is 0 Å². The second-order valence-corrected chi connectivity index (χ2v) is 6.03. The molecular weight excluding hydrogens is 240 g/mol. The van der Waals surface area contributed by atoms with Gasteiger partial charge in [-0.2, -0.15) is 0 Å². The average Bonchev–Trinajstić information content (AvgIpc) is 2.25. The zero-order valence-electron chi connectivity index (χ0n) is 10.1. The summed E-state index contributed by atoms with van der Waals surface area (Å²) in [7, 11) is -2.94. The Bertz CT molecular complexity index is 447. The topological polar surface area (TPSA) is 84.0 Å². The lowest BCUT2D eigenvalue weighted by atomic mass is 10.5. The van der Waals surface area contributed by atoms with Crippen LogP contribution in [-0.4, -0.2) is 43.5 Å². The summed E-state index contributed by atoms with van der Waals surface area (Å²) in [6.45, 7) is 3.24. The molecule has 1 aromatic rings. The van der Waals surface area contributed by atoms with Gasteiger partial charge in [0.1, 0.15) is 21.5 Å². The second-order valence-electron chi connectivity index (χ2n) is 3.77. The van der Waals surface area contributed by atoms with Crippen LogP contribution in [0.2, 0.25) is 0 Å². The molecule has 0 atom stereocenters. The molecule has 0 saturated heterocycles. The first-order chi connectivity index (χ1) is 8.01. The predicted molar refractivity (Wildman–Crippen MR) is 69.0 cm³/mol. The van der Waals surface area contributed by atoms with Crippen molar-refractivity contribution in [3.8, 4) is 0 Å². The second kappa shape index (κ2) is 6.39. The summed E-state index contributed by atoms with van der Waals surface area (Å²) >= 11 is 0. The Hall–Kier alpha value is -1.37. The highest BCUT2D eigenvalue weighted by Gasteiger charge is 2.02. The van der Waals surface area contributed by atoms with E-state index in [1.165, 1.54) is 6.26 Å². The molecule has 0 aliphatic rings. The number of hydrogen-bond donors (Lipinski definition) is 2. The molecular formula is C10H18N4O2S. The van der Waals surface area contributed by atoms with Crippen molar-refractivity contribution >= 4 is 21.5 Å². The lowest BCUT2D eigenvalue weighted by Crippen LogP contribution is -2.15. The van der Waals surface area contributed by atoms with Crippen LogP contribution in [0.5, 0.6) is 0 Å². The van der Waals surface area contributed by atoms with Gasteiger partial charge in [0.15, 0.2) is 0 Å². The molecule has 0 amide bonds. The summed E-state index contributed by atoms with van der Waals surface area (Å²) in [5.41, 5.74) is 0. The van der Waals surface area contributed by atoms with Crippen molar-refractivity contribution in [2.24, 2.45) is 0 Å². The standard InChI is InChI=1S/C10H18N4O2S/c1-3-4-12-9-7-11-8-10(14-9)13-5-6-17(2,15)16/h7-8H,3-6H2,1-2H3,(H2,12,13,14). The van der Waals surface area contributed by atoms with Gasteiger partial charge in [-0.05, 0) is 6.42 Å². The normalized spacial score (nSPS) is 11.2. The molecule has 0 saturated carbocycles. The Labute approximate surface area is 102 Å². The number of sulfone groups is 1. The first-order valence-electron chi connectivity index (χ1n) is 5.49. The van der Waals surface area contributed by atoms with Gasteiger partial charge in [-0.15, -0.1) is 0 Å². The molecule has 0 fully saturated rings. The van der Waals surface area contributed by atoms with Crippen LogP contribution < -0.4 is 10.6 Å². The SMILES string of the molecule is CCCNc1cncc(NCCS(C)(=O)=O)n1. The predicted octanol–water partition coefficient (Wildman–Crippen LogP) is 0.755. The largest absolute Gasteiger partial charge is 0.369 e. The molecule has 6 nitrogen and oxygen atoms in total. The van der Waals surface area contributed by atoms with Gasteiger partial charge >= 0.3 is 0 Å². The van der Waals surface area contributed by atoms with Crippen LogP contribution in [0.1, 0.15) is 13.3 Å². The van der Waals surface area contributed by atoms with Crippen LogP contribution >= 0.6 is 0 Å². The molecule has 1 rings (SSSR count). The molecule has 0 aliphatic heterocycles. The number of rotatable bonds is 7. The molecule has 96 valence electrons. The van der Waals surface area contributed by atoms with Crippen molar-refractivity contribution in [1.29, 1.82) is 0 Å². The van der Waals surface area contributed by atoms with Gasteiger partial charge in [-0.3, -0.25) is 4.98 Å². The zero-order chi connectivity index (χ0) is 12.7. The third-order valence-corrected chi connectivity index (χ3v) is 2.92. The highest BCUT2D eigenvalue weighted by Crippen LogP contribution is 2.06. The molecule has 2 N–H and O–H groups in total. The van der Waals surface area contributed by atoms with Gasteiger partial charge < -0.3 is 10.6 Å². The number of anilines is 2. The summed E-state index contributed by atoms with van der Waals surface area (Å²) in [6, 6.07) is 0. The molecule has 0 aromatic carbocycles. The van der Waals surface area contributed by atoms with Crippen LogP contribution in [-0.2, 0) is 9.84 Å². The van der Waals surface area contributed by atoms with E-state index in [4.69, 9.17) is 0 Å². The van der Waals surface area contributed by atoms with E-state index in [1.807, 2.05) is 0 Å². The maximum atomic E-state index is 10.9. The molecule has 17 heavy (non-hydrogen) atoms. The number of hydrogen-bond acceptors (Lipinski definition) is 6. The van der Waals surface area contributed by atoms with Crippen LogP contribution in [0.4, 0.5) is 11.6 Å². The third kappa shape index (κ3) is 6.06. The lowest BCUT2D eigenvalue weighted by Gasteiger charge is -2.07. The Morgan fingerprint density at radius 2 is 1.76 bits per heavy atom. The minimum Gasteiger partial charge on any atom is -0.369 e.